The molecule has 0 aliphatic heterocycles. The summed E-state index contributed by atoms with van der Waals surface area (Å²) in [6.45, 7) is 4.44. The lowest BCUT2D eigenvalue weighted by Crippen LogP contribution is -2.20. The van der Waals surface area contributed by atoms with Gasteiger partial charge < -0.3 is 4.90 Å². The summed E-state index contributed by atoms with van der Waals surface area (Å²) in [6, 6.07) is 9.00. The summed E-state index contributed by atoms with van der Waals surface area (Å²) in [5, 5.41) is 0. The van der Waals surface area contributed by atoms with Crippen LogP contribution in [0.1, 0.15) is 38.7 Å². The molecule has 1 aromatic rings. The molecule has 2 aliphatic carbocycles. The van der Waals surface area contributed by atoms with E-state index in [2.05, 4.69) is 73.4 Å². The molecular formula is C20H23N. The van der Waals surface area contributed by atoms with Crippen LogP contribution in [-0.4, -0.2) is 0 Å². The second kappa shape index (κ2) is 6.17. The number of anilines is 1. The lowest BCUT2D eigenvalue weighted by atomic mass is 10.1. The molecule has 0 aromatic heterocycles. The fourth-order valence-electron chi connectivity index (χ4n) is 2.96. The van der Waals surface area contributed by atoms with Crippen molar-refractivity contribution in [2.24, 2.45) is 0 Å². The van der Waals surface area contributed by atoms with E-state index in [1.807, 2.05) is 0 Å². The molecule has 2 aliphatic rings. The van der Waals surface area contributed by atoms with Gasteiger partial charge in [0.25, 0.3) is 0 Å². The average Bonchev–Trinajstić information content (AvgIpc) is 3.20. The monoisotopic (exact) mass is 277 g/mol. The van der Waals surface area contributed by atoms with Gasteiger partial charge in [-0.2, -0.15) is 0 Å². The van der Waals surface area contributed by atoms with Gasteiger partial charge in [-0.05, 0) is 42.7 Å². The molecule has 0 spiro atoms. The highest BCUT2D eigenvalue weighted by atomic mass is 15.2. The Hall–Kier alpha value is -2.02. The van der Waals surface area contributed by atoms with Crippen molar-refractivity contribution in [2.75, 3.05) is 4.90 Å². The highest BCUT2D eigenvalue weighted by Crippen LogP contribution is 2.34. The maximum absolute atomic E-state index is 2.43. The lowest BCUT2D eigenvalue weighted by molar-refractivity contribution is 0.940. The SMILES string of the molecule is CCC1=CC=C(N(C2=CC=CC2)c2ccc(CC)cc2)C1. The number of nitrogens with zero attached hydrogens (tertiary/aromatic N) is 1. The van der Waals surface area contributed by atoms with E-state index in [4.69, 9.17) is 0 Å². The molecule has 0 unspecified atom stereocenters. The number of rotatable bonds is 5. The minimum absolute atomic E-state index is 1.02. The molecule has 0 atom stereocenters. The minimum Gasteiger partial charge on any atom is -0.317 e. The summed E-state index contributed by atoms with van der Waals surface area (Å²) < 4.78 is 0. The van der Waals surface area contributed by atoms with Crippen molar-refractivity contribution >= 4 is 5.69 Å². The standard InChI is InChI=1S/C20H23N/c1-3-16-9-12-19(13-10-16)21(18-7-5-6-8-18)20-14-11-17(4-2)15-20/h5-7,9-14H,3-4,8,15H2,1-2H3. The van der Waals surface area contributed by atoms with Gasteiger partial charge >= 0.3 is 0 Å². The third kappa shape index (κ3) is 2.87. The topological polar surface area (TPSA) is 3.24 Å². The van der Waals surface area contributed by atoms with E-state index in [1.54, 1.807) is 0 Å². The summed E-state index contributed by atoms with van der Waals surface area (Å²) >= 11 is 0. The van der Waals surface area contributed by atoms with Gasteiger partial charge in [0, 0.05) is 29.9 Å². The Bertz CT molecular complexity index is 626. The summed E-state index contributed by atoms with van der Waals surface area (Å²) in [5.41, 5.74) is 6.96. The Morgan fingerprint density at radius 1 is 0.905 bits per heavy atom. The summed E-state index contributed by atoms with van der Waals surface area (Å²) in [7, 11) is 0. The maximum Gasteiger partial charge on any atom is 0.0455 e. The first kappa shape index (κ1) is 13.9. The van der Waals surface area contributed by atoms with E-state index in [1.165, 1.54) is 28.2 Å². The molecule has 0 amide bonds. The van der Waals surface area contributed by atoms with E-state index in [9.17, 15) is 0 Å². The van der Waals surface area contributed by atoms with Crippen LogP contribution < -0.4 is 4.90 Å². The first-order valence-electron chi connectivity index (χ1n) is 7.95. The summed E-state index contributed by atoms with van der Waals surface area (Å²) in [4.78, 5) is 2.43. The number of benzene rings is 1. The van der Waals surface area contributed by atoms with E-state index < -0.39 is 0 Å². The van der Waals surface area contributed by atoms with E-state index in [-0.39, 0.29) is 0 Å². The van der Waals surface area contributed by atoms with Crippen molar-refractivity contribution in [1.82, 2.24) is 0 Å². The number of hydrogen-bond donors (Lipinski definition) is 0. The van der Waals surface area contributed by atoms with Crippen molar-refractivity contribution in [3.05, 3.63) is 77.2 Å². The minimum atomic E-state index is 1.02. The normalized spacial score (nSPS) is 16.8. The van der Waals surface area contributed by atoms with Crippen LogP contribution >= 0.6 is 0 Å². The first-order chi connectivity index (χ1) is 10.3. The van der Waals surface area contributed by atoms with Crippen LogP contribution in [0.4, 0.5) is 5.69 Å². The predicted octanol–water partition coefficient (Wildman–Crippen LogP) is 5.52. The lowest BCUT2D eigenvalue weighted by Gasteiger charge is -2.28. The van der Waals surface area contributed by atoms with Gasteiger partial charge in [0.2, 0.25) is 0 Å². The van der Waals surface area contributed by atoms with Crippen LogP contribution in [0.2, 0.25) is 0 Å². The molecule has 0 bridgehead atoms. The highest BCUT2D eigenvalue weighted by molar-refractivity contribution is 5.62. The van der Waals surface area contributed by atoms with Gasteiger partial charge in [0.15, 0.2) is 0 Å². The maximum atomic E-state index is 2.43. The van der Waals surface area contributed by atoms with Gasteiger partial charge in [0.1, 0.15) is 0 Å². The largest absolute Gasteiger partial charge is 0.317 e. The number of allylic oxidation sites excluding steroid dienone is 6. The number of hydrogen-bond acceptors (Lipinski definition) is 1. The fraction of sp³-hybridized carbons (Fsp3) is 0.300. The van der Waals surface area contributed by atoms with E-state index in [0.717, 1.165) is 25.7 Å². The zero-order chi connectivity index (χ0) is 14.7. The van der Waals surface area contributed by atoms with Crippen LogP contribution in [0.5, 0.6) is 0 Å². The van der Waals surface area contributed by atoms with Crippen LogP contribution in [0.25, 0.3) is 0 Å². The molecule has 3 rings (SSSR count). The van der Waals surface area contributed by atoms with Crippen LogP contribution in [-0.2, 0) is 6.42 Å². The average molecular weight is 277 g/mol. The van der Waals surface area contributed by atoms with Gasteiger partial charge in [-0.1, -0.05) is 49.8 Å². The van der Waals surface area contributed by atoms with Crippen molar-refractivity contribution in [1.29, 1.82) is 0 Å². The molecule has 1 nitrogen and oxygen atoms in total. The third-order valence-corrected chi connectivity index (χ3v) is 4.30. The molecule has 1 aromatic carbocycles. The zero-order valence-corrected chi connectivity index (χ0v) is 13.0. The van der Waals surface area contributed by atoms with Crippen molar-refractivity contribution in [3.63, 3.8) is 0 Å². The Kier molecular flexibility index (Phi) is 4.10. The van der Waals surface area contributed by atoms with Gasteiger partial charge in [-0.25, -0.2) is 0 Å². The van der Waals surface area contributed by atoms with Crippen molar-refractivity contribution in [2.45, 2.75) is 39.5 Å². The van der Waals surface area contributed by atoms with Gasteiger partial charge in [-0.3, -0.25) is 0 Å². The van der Waals surface area contributed by atoms with Crippen LogP contribution in [0.3, 0.4) is 0 Å². The second-order valence-corrected chi connectivity index (χ2v) is 5.66. The molecular weight excluding hydrogens is 254 g/mol. The van der Waals surface area contributed by atoms with Gasteiger partial charge in [0.05, 0.1) is 0 Å². The second-order valence-electron chi connectivity index (χ2n) is 5.66. The van der Waals surface area contributed by atoms with Gasteiger partial charge in [-0.15, -0.1) is 0 Å². The smallest absolute Gasteiger partial charge is 0.0455 e. The fourth-order valence-corrected chi connectivity index (χ4v) is 2.96. The highest BCUT2D eigenvalue weighted by Gasteiger charge is 2.20. The number of aryl methyl sites for hydroxylation is 1. The predicted molar refractivity (Wildman–Crippen MR) is 91.2 cm³/mol. The molecule has 0 heterocycles. The quantitative estimate of drug-likeness (QED) is 0.684. The molecule has 0 radical (unpaired) electrons. The summed E-state index contributed by atoms with van der Waals surface area (Å²) in [5.74, 6) is 0. The zero-order valence-electron chi connectivity index (χ0n) is 13.0. The summed E-state index contributed by atoms with van der Waals surface area (Å²) in [6.07, 6.45) is 15.5. The Labute approximate surface area is 128 Å². The van der Waals surface area contributed by atoms with E-state index in [0.29, 0.717) is 0 Å². The van der Waals surface area contributed by atoms with Crippen molar-refractivity contribution < 1.29 is 0 Å². The molecule has 0 fully saturated rings. The Morgan fingerprint density at radius 3 is 2.29 bits per heavy atom. The first-order valence-corrected chi connectivity index (χ1v) is 7.95. The van der Waals surface area contributed by atoms with E-state index >= 15 is 0 Å². The Balaban J connectivity index is 1.90. The molecule has 0 N–H and O–H groups in total. The molecule has 108 valence electrons. The molecule has 21 heavy (non-hydrogen) atoms. The van der Waals surface area contributed by atoms with Crippen LogP contribution in [0, 0.1) is 0 Å². The van der Waals surface area contributed by atoms with Crippen LogP contribution in [0.15, 0.2) is 71.6 Å². The molecule has 1 heteroatoms. The Morgan fingerprint density at radius 2 is 1.71 bits per heavy atom. The van der Waals surface area contributed by atoms with Crippen molar-refractivity contribution in [3.8, 4) is 0 Å². The third-order valence-electron chi connectivity index (χ3n) is 4.30. The molecule has 0 saturated heterocycles. The molecule has 0 saturated carbocycles.